The van der Waals surface area contributed by atoms with Crippen molar-refractivity contribution in [3.63, 3.8) is 0 Å². The molecule has 2 aromatic carbocycles. The van der Waals surface area contributed by atoms with Crippen LogP contribution in [0.25, 0.3) is 0 Å². The van der Waals surface area contributed by atoms with Gasteiger partial charge >= 0.3 is 5.97 Å². The highest BCUT2D eigenvalue weighted by Crippen LogP contribution is 2.14. The minimum absolute atomic E-state index is 0.130. The van der Waals surface area contributed by atoms with Gasteiger partial charge in [-0.05, 0) is 42.5 Å². The van der Waals surface area contributed by atoms with Crippen molar-refractivity contribution in [1.29, 1.82) is 0 Å². The second-order valence-corrected chi connectivity index (χ2v) is 8.75. The molecule has 0 aliphatic rings. The summed E-state index contributed by atoms with van der Waals surface area (Å²) in [5.41, 5.74) is 7.08. The van der Waals surface area contributed by atoms with Crippen LogP contribution in [0.4, 0.5) is 0 Å². The molecule has 13 heteroatoms. The number of aryl methyl sites for hydroxylation is 1. The van der Waals surface area contributed by atoms with Crippen molar-refractivity contribution < 1.29 is 29.3 Å². The number of phenolic OH excluding ortho intramolecular Hbond substituents is 1. The molecule has 13 nitrogen and oxygen atoms in total. The molecule has 2 aromatic rings. The third-order valence-corrected chi connectivity index (χ3v) is 5.97. The molecule has 39 heavy (non-hydrogen) atoms. The lowest BCUT2D eigenvalue weighted by atomic mass is 10.0. The van der Waals surface area contributed by atoms with Crippen molar-refractivity contribution in [2.45, 2.75) is 44.2 Å². The minimum atomic E-state index is -1.02. The molecule has 0 heterocycles. The van der Waals surface area contributed by atoms with Gasteiger partial charge in [0.15, 0.2) is 5.03 Å². The van der Waals surface area contributed by atoms with Crippen LogP contribution in [0.2, 0.25) is 0 Å². The summed E-state index contributed by atoms with van der Waals surface area (Å²) in [6.07, 6.45) is 1.23. The maximum atomic E-state index is 13.4. The van der Waals surface area contributed by atoms with Gasteiger partial charge in [-0.3, -0.25) is 9.59 Å². The number of phenols is 1. The van der Waals surface area contributed by atoms with Crippen molar-refractivity contribution in [1.82, 2.24) is 15.5 Å². The number of carbonyl (C=O) groups excluding carboxylic acids is 3. The molecule has 0 saturated carbocycles. The molecular formula is C26H34N6O7. The highest BCUT2D eigenvalue weighted by atomic mass is 16.7. The van der Waals surface area contributed by atoms with E-state index < -0.39 is 29.0 Å². The highest BCUT2D eigenvalue weighted by molar-refractivity contribution is 5.91. The number of hydrogen-bond donors (Lipinski definition) is 4. The van der Waals surface area contributed by atoms with Gasteiger partial charge in [0.1, 0.15) is 22.9 Å². The number of benzene rings is 2. The Hall–Kier alpha value is -4.68. The molecule has 2 rings (SSSR count). The van der Waals surface area contributed by atoms with E-state index in [1.54, 1.807) is 31.3 Å². The number of nitro groups is 1. The fraction of sp³-hybridized carbons (Fsp3) is 0.385. The number of nitrogens with one attached hydrogen (secondary N) is 2. The van der Waals surface area contributed by atoms with Crippen molar-refractivity contribution >= 4 is 23.7 Å². The number of carbonyl (C=O) groups is 3. The second-order valence-electron chi connectivity index (χ2n) is 8.75. The SMILES string of the molecule is COC(=O)[C@H](CCCNC(N)=N[N+](=O)[O-])NC(=O)[C@H](Cc1ccccc1)N(C)C(=O)CCc1ccc(O)cc1. The Morgan fingerprint density at radius 2 is 1.79 bits per heavy atom. The molecule has 2 amide bonds. The van der Waals surface area contributed by atoms with Gasteiger partial charge in [-0.1, -0.05) is 42.5 Å². The van der Waals surface area contributed by atoms with E-state index in [1.165, 1.54) is 12.0 Å². The zero-order valence-electron chi connectivity index (χ0n) is 21.9. The quantitative estimate of drug-likeness (QED) is 0.0672. The lowest BCUT2D eigenvalue weighted by Gasteiger charge is -2.29. The van der Waals surface area contributed by atoms with Crippen molar-refractivity contribution in [2.75, 3.05) is 20.7 Å². The van der Waals surface area contributed by atoms with Gasteiger partial charge in [0.25, 0.3) is 5.96 Å². The molecule has 210 valence electrons. The maximum absolute atomic E-state index is 13.4. The van der Waals surface area contributed by atoms with Gasteiger partial charge < -0.3 is 31.1 Å². The molecule has 5 N–H and O–H groups in total. The standard InChI is InChI=1S/C26H34N6O7/c1-31(23(34)15-12-18-10-13-20(33)14-11-18)22(17-19-7-4-3-5-8-19)24(35)29-21(25(36)39-2)9-6-16-28-26(27)30-32(37)38/h3-5,7-8,10-11,13-14,21-22,33H,6,9,12,15-17H2,1-2H3,(H,29,35)(H3,27,28,30)/t21-,22-/m0/s1. The predicted octanol–water partition coefficient (Wildman–Crippen LogP) is 0.929. The fourth-order valence-electron chi connectivity index (χ4n) is 3.81. The number of aromatic hydroxyl groups is 1. The van der Waals surface area contributed by atoms with Gasteiger partial charge in [-0.15, -0.1) is 0 Å². The number of rotatable bonds is 14. The predicted molar refractivity (Wildman–Crippen MR) is 143 cm³/mol. The van der Waals surface area contributed by atoms with E-state index in [1.807, 2.05) is 30.3 Å². The van der Waals surface area contributed by atoms with E-state index in [-0.39, 0.29) is 43.4 Å². The maximum Gasteiger partial charge on any atom is 0.328 e. The van der Waals surface area contributed by atoms with Crippen LogP contribution in [0, 0.1) is 10.1 Å². The normalized spacial score (nSPS) is 12.6. The van der Waals surface area contributed by atoms with E-state index in [0.29, 0.717) is 12.8 Å². The molecular weight excluding hydrogens is 508 g/mol. The molecule has 0 saturated heterocycles. The number of methoxy groups -OCH3 is 1. The molecule has 0 spiro atoms. The van der Waals surface area contributed by atoms with E-state index in [4.69, 9.17) is 10.5 Å². The van der Waals surface area contributed by atoms with Gasteiger partial charge in [-0.2, -0.15) is 0 Å². The topological polar surface area (TPSA) is 189 Å². The summed E-state index contributed by atoms with van der Waals surface area (Å²) in [6.45, 7) is 0.162. The first-order valence-corrected chi connectivity index (χ1v) is 12.3. The van der Waals surface area contributed by atoms with Gasteiger partial charge in [-0.25, -0.2) is 14.9 Å². The van der Waals surface area contributed by atoms with Crippen LogP contribution in [0.15, 0.2) is 59.7 Å². The van der Waals surface area contributed by atoms with Gasteiger partial charge in [0.05, 0.1) is 7.11 Å². The Labute approximate surface area is 226 Å². The Morgan fingerprint density at radius 1 is 1.13 bits per heavy atom. The average Bonchev–Trinajstić information content (AvgIpc) is 2.92. The lowest BCUT2D eigenvalue weighted by Crippen LogP contribution is -2.53. The van der Waals surface area contributed by atoms with Crippen LogP contribution in [0.5, 0.6) is 5.75 Å². The number of esters is 1. The molecule has 0 aliphatic heterocycles. The first-order valence-electron chi connectivity index (χ1n) is 12.3. The van der Waals surface area contributed by atoms with Crippen LogP contribution < -0.4 is 16.4 Å². The molecule has 0 fully saturated rings. The number of hydrogen-bond acceptors (Lipinski definition) is 7. The monoisotopic (exact) mass is 542 g/mol. The van der Waals surface area contributed by atoms with Crippen LogP contribution in [0.3, 0.4) is 0 Å². The zero-order valence-corrected chi connectivity index (χ0v) is 21.9. The number of hydrazone groups is 1. The summed E-state index contributed by atoms with van der Waals surface area (Å²) >= 11 is 0. The van der Waals surface area contributed by atoms with Crippen LogP contribution in [-0.4, -0.2) is 71.6 Å². The van der Waals surface area contributed by atoms with Crippen molar-refractivity contribution in [3.8, 4) is 5.75 Å². The summed E-state index contributed by atoms with van der Waals surface area (Å²) < 4.78 is 4.84. The summed E-state index contributed by atoms with van der Waals surface area (Å²) in [6, 6.07) is 13.8. The zero-order chi connectivity index (χ0) is 28.8. The van der Waals surface area contributed by atoms with Crippen molar-refractivity contribution in [3.05, 3.63) is 75.8 Å². The van der Waals surface area contributed by atoms with E-state index in [0.717, 1.165) is 11.1 Å². The third kappa shape index (κ3) is 10.7. The fourth-order valence-corrected chi connectivity index (χ4v) is 3.81. The van der Waals surface area contributed by atoms with E-state index in [2.05, 4.69) is 15.7 Å². The summed E-state index contributed by atoms with van der Waals surface area (Å²) in [5.74, 6) is -1.72. The smallest absolute Gasteiger partial charge is 0.328 e. The Kier molecular flexibility index (Phi) is 12.2. The number of nitrogens with zero attached hydrogens (tertiary/aromatic N) is 3. The summed E-state index contributed by atoms with van der Waals surface area (Å²) in [4.78, 5) is 50.6. The molecule has 0 aliphatic carbocycles. The van der Waals surface area contributed by atoms with E-state index in [9.17, 15) is 29.6 Å². The second kappa shape index (κ2) is 15.5. The van der Waals surface area contributed by atoms with Crippen LogP contribution in [-0.2, 0) is 32.0 Å². The Balaban J connectivity index is 2.10. The minimum Gasteiger partial charge on any atom is -0.508 e. The van der Waals surface area contributed by atoms with Crippen molar-refractivity contribution in [2.24, 2.45) is 10.8 Å². The Bertz CT molecular complexity index is 1140. The Morgan fingerprint density at radius 3 is 2.41 bits per heavy atom. The van der Waals surface area contributed by atoms with Crippen LogP contribution in [0.1, 0.15) is 30.4 Å². The molecule has 2 atom stereocenters. The molecule has 0 radical (unpaired) electrons. The molecule has 0 aromatic heterocycles. The lowest BCUT2D eigenvalue weighted by molar-refractivity contribution is -0.485. The number of ether oxygens (including phenoxy) is 1. The number of likely N-dealkylation sites (N-methyl/N-ethyl adjacent to an activating group) is 1. The first-order chi connectivity index (χ1) is 18.6. The largest absolute Gasteiger partial charge is 0.508 e. The van der Waals surface area contributed by atoms with Gasteiger partial charge in [0, 0.05) is 26.4 Å². The molecule has 0 bridgehead atoms. The summed E-state index contributed by atoms with van der Waals surface area (Å²) in [5, 5.41) is 27.1. The van der Waals surface area contributed by atoms with Crippen LogP contribution >= 0.6 is 0 Å². The van der Waals surface area contributed by atoms with Gasteiger partial charge in [0.2, 0.25) is 11.8 Å². The summed E-state index contributed by atoms with van der Waals surface area (Å²) in [7, 11) is 2.74. The van der Waals surface area contributed by atoms with E-state index >= 15 is 0 Å². The highest BCUT2D eigenvalue weighted by Gasteiger charge is 2.30. The average molecular weight is 543 g/mol. The first kappa shape index (κ1) is 30.5. The number of amides is 2. The number of nitrogens with two attached hydrogens (primary N) is 1. The third-order valence-electron chi connectivity index (χ3n) is 5.97. The number of guanidine groups is 1. The molecule has 0 unspecified atom stereocenters.